The van der Waals surface area contributed by atoms with Gasteiger partial charge in [-0.3, -0.25) is 4.79 Å². The fourth-order valence-electron chi connectivity index (χ4n) is 6.49. The van der Waals surface area contributed by atoms with Gasteiger partial charge in [0.25, 0.3) is 0 Å². The topological polar surface area (TPSA) is 93.1 Å². The molecule has 0 unspecified atom stereocenters. The molecule has 6 heteroatoms. The number of esters is 1. The summed E-state index contributed by atoms with van der Waals surface area (Å²) in [7, 11) is 0. The zero-order valence-corrected chi connectivity index (χ0v) is 26.0. The first-order valence-electron chi connectivity index (χ1n) is 17.1. The molecule has 2 rings (SSSR count). The van der Waals surface area contributed by atoms with E-state index in [2.05, 4.69) is 6.92 Å². The van der Waals surface area contributed by atoms with Crippen LogP contribution in [0.5, 0.6) is 0 Å². The first kappa shape index (κ1) is 35.2. The predicted molar refractivity (Wildman–Crippen MR) is 161 cm³/mol. The third kappa shape index (κ3) is 15.3. The zero-order chi connectivity index (χ0) is 29.0. The summed E-state index contributed by atoms with van der Waals surface area (Å²) in [4.78, 5) is 23.1. The summed E-state index contributed by atoms with van der Waals surface area (Å²) in [6.07, 6.45) is 25.1. The molecule has 2 aliphatic rings. The van der Waals surface area contributed by atoms with Gasteiger partial charge in [0.2, 0.25) is 0 Å². The number of carbonyl (C=O) groups excluding carboxylic acids is 2. The van der Waals surface area contributed by atoms with Crippen LogP contribution in [0.2, 0.25) is 0 Å². The largest absolute Gasteiger partial charge is 0.462 e. The lowest BCUT2D eigenvalue weighted by atomic mass is 9.96. The molecule has 2 aliphatic heterocycles. The normalized spacial score (nSPS) is 24.4. The SMILES string of the molecule is CCCCCCCCCCC[C@@H](O)[C@H]1CC[C@H]([C@H](O)CCCCCCCCCC[C@@H]2C[C@@H](CC(C)=O)C(=O)O2)O1. The lowest BCUT2D eigenvalue weighted by Crippen LogP contribution is -2.31. The average Bonchev–Trinajstić information content (AvgIpc) is 3.55. The Morgan fingerprint density at radius 3 is 1.68 bits per heavy atom. The van der Waals surface area contributed by atoms with Gasteiger partial charge in [-0.1, -0.05) is 110 Å². The van der Waals surface area contributed by atoms with Gasteiger partial charge in [-0.05, 0) is 51.9 Å². The molecule has 0 aliphatic carbocycles. The number of Topliss-reactive ketones (excluding diaryl/α,β-unsaturated/α-hetero) is 1. The van der Waals surface area contributed by atoms with Crippen LogP contribution in [0, 0.1) is 5.92 Å². The fraction of sp³-hybridized carbons (Fsp3) is 0.941. The van der Waals surface area contributed by atoms with E-state index in [1.165, 1.54) is 84.0 Å². The molecule has 6 atom stereocenters. The molecule has 6 nitrogen and oxygen atoms in total. The number of aliphatic hydroxyl groups is 2. The first-order chi connectivity index (χ1) is 19.4. The van der Waals surface area contributed by atoms with Crippen LogP contribution in [0.3, 0.4) is 0 Å². The Kier molecular flexibility index (Phi) is 19.1. The summed E-state index contributed by atoms with van der Waals surface area (Å²) < 4.78 is 11.5. The Hall–Kier alpha value is -0.980. The van der Waals surface area contributed by atoms with E-state index in [0.717, 1.165) is 64.2 Å². The van der Waals surface area contributed by atoms with Crippen LogP contribution >= 0.6 is 0 Å². The monoisotopic (exact) mass is 566 g/mol. The van der Waals surface area contributed by atoms with Crippen molar-refractivity contribution in [2.24, 2.45) is 5.92 Å². The minimum absolute atomic E-state index is 0.00498. The maximum atomic E-state index is 11.8. The number of cyclic esters (lactones) is 1. The van der Waals surface area contributed by atoms with Crippen LogP contribution in [0.25, 0.3) is 0 Å². The number of rotatable bonds is 25. The molecule has 0 aromatic carbocycles. The van der Waals surface area contributed by atoms with Crippen molar-refractivity contribution in [3.05, 3.63) is 0 Å². The molecule has 234 valence electrons. The summed E-state index contributed by atoms with van der Waals surface area (Å²) >= 11 is 0. The van der Waals surface area contributed by atoms with Gasteiger partial charge in [-0.15, -0.1) is 0 Å². The number of unbranched alkanes of at least 4 members (excludes halogenated alkanes) is 15. The lowest BCUT2D eigenvalue weighted by Gasteiger charge is -2.22. The van der Waals surface area contributed by atoms with Crippen molar-refractivity contribution in [2.45, 2.75) is 198 Å². The van der Waals surface area contributed by atoms with Crippen molar-refractivity contribution in [3.63, 3.8) is 0 Å². The Labute approximate surface area is 245 Å². The summed E-state index contributed by atoms with van der Waals surface area (Å²) in [6.45, 7) is 3.79. The van der Waals surface area contributed by atoms with E-state index in [4.69, 9.17) is 9.47 Å². The smallest absolute Gasteiger partial charge is 0.309 e. The van der Waals surface area contributed by atoms with Crippen LogP contribution < -0.4 is 0 Å². The zero-order valence-electron chi connectivity index (χ0n) is 26.0. The maximum absolute atomic E-state index is 11.8. The van der Waals surface area contributed by atoms with E-state index < -0.39 is 12.2 Å². The minimum Gasteiger partial charge on any atom is -0.462 e. The van der Waals surface area contributed by atoms with Gasteiger partial charge in [0.15, 0.2) is 0 Å². The number of hydrogen-bond acceptors (Lipinski definition) is 6. The maximum Gasteiger partial charge on any atom is 0.309 e. The van der Waals surface area contributed by atoms with E-state index in [1.807, 2.05) is 0 Å². The highest BCUT2D eigenvalue weighted by molar-refractivity contribution is 5.83. The van der Waals surface area contributed by atoms with Crippen molar-refractivity contribution in [1.29, 1.82) is 0 Å². The average molecular weight is 567 g/mol. The first-order valence-corrected chi connectivity index (χ1v) is 17.1. The van der Waals surface area contributed by atoms with E-state index in [9.17, 15) is 19.8 Å². The van der Waals surface area contributed by atoms with Gasteiger partial charge in [-0.25, -0.2) is 0 Å². The second-order valence-corrected chi connectivity index (χ2v) is 12.8. The minimum atomic E-state index is -0.412. The Bertz CT molecular complexity index is 667. The van der Waals surface area contributed by atoms with Gasteiger partial charge >= 0.3 is 5.97 Å². The molecule has 0 radical (unpaired) electrons. The van der Waals surface area contributed by atoms with E-state index in [1.54, 1.807) is 0 Å². The van der Waals surface area contributed by atoms with Crippen molar-refractivity contribution < 1.29 is 29.3 Å². The summed E-state index contributed by atoms with van der Waals surface area (Å²) in [6, 6.07) is 0. The molecular formula is C34H62O6. The highest BCUT2D eigenvalue weighted by Crippen LogP contribution is 2.29. The second-order valence-electron chi connectivity index (χ2n) is 12.8. The number of ketones is 1. The predicted octanol–water partition coefficient (Wildman–Crippen LogP) is 7.99. The molecule has 0 aromatic rings. The molecule has 2 N–H and O–H groups in total. The number of carbonyl (C=O) groups is 2. The molecule has 0 bridgehead atoms. The molecule has 2 heterocycles. The third-order valence-electron chi connectivity index (χ3n) is 9.02. The van der Waals surface area contributed by atoms with Crippen LogP contribution in [0.15, 0.2) is 0 Å². The highest BCUT2D eigenvalue weighted by atomic mass is 16.6. The molecule has 0 amide bonds. The summed E-state index contributed by atoms with van der Waals surface area (Å²) in [5.74, 6) is -0.345. The van der Waals surface area contributed by atoms with Crippen molar-refractivity contribution >= 4 is 11.8 Å². The molecule has 0 spiro atoms. The fourth-order valence-corrected chi connectivity index (χ4v) is 6.49. The highest BCUT2D eigenvalue weighted by Gasteiger charge is 2.35. The Morgan fingerprint density at radius 1 is 0.750 bits per heavy atom. The Morgan fingerprint density at radius 2 is 1.20 bits per heavy atom. The third-order valence-corrected chi connectivity index (χ3v) is 9.02. The van der Waals surface area contributed by atoms with Gasteiger partial charge in [-0.2, -0.15) is 0 Å². The molecule has 0 saturated carbocycles. The van der Waals surface area contributed by atoms with Crippen LogP contribution in [-0.4, -0.2) is 52.5 Å². The number of aliphatic hydroxyl groups excluding tert-OH is 2. The van der Waals surface area contributed by atoms with Gasteiger partial charge in [0.05, 0.1) is 30.3 Å². The van der Waals surface area contributed by atoms with E-state index in [0.29, 0.717) is 12.8 Å². The van der Waals surface area contributed by atoms with Gasteiger partial charge in [0, 0.05) is 6.42 Å². The van der Waals surface area contributed by atoms with Crippen LogP contribution in [0.4, 0.5) is 0 Å². The standard InChI is InChI=1S/C34H62O6/c1-3-4-5-6-7-8-12-15-18-21-30(36)32-23-24-33(40-32)31(37)22-19-16-13-10-9-11-14-17-20-29-26-28(25-27(2)35)34(38)39-29/h28-33,36-37H,3-26H2,1-2H3/t28-,29-,30-,31-,32-,33-/m1/s1. The summed E-state index contributed by atoms with van der Waals surface area (Å²) in [5.41, 5.74) is 0. The lowest BCUT2D eigenvalue weighted by molar-refractivity contribution is -0.145. The molecule has 40 heavy (non-hydrogen) atoms. The van der Waals surface area contributed by atoms with Crippen LogP contribution in [-0.2, 0) is 19.1 Å². The molecule has 0 aromatic heterocycles. The van der Waals surface area contributed by atoms with Gasteiger partial charge < -0.3 is 24.5 Å². The van der Waals surface area contributed by atoms with Crippen LogP contribution in [0.1, 0.15) is 168 Å². The Balaban J connectivity index is 1.38. The molecular weight excluding hydrogens is 504 g/mol. The number of hydrogen-bond donors (Lipinski definition) is 2. The van der Waals surface area contributed by atoms with Crippen molar-refractivity contribution in [1.82, 2.24) is 0 Å². The second kappa shape index (κ2) is 21.7. The molecule has 2 fully saturated rings. The molecule has 2 saturated heterocycles. The summed E-state index contributed by atoms with van der Waals surface area (Å²) in [5, 5.41) is 21.2. The van der Waals surface area contributed by atoms with E-state index in [-0.39, 0.29) is 36.0 Å². The quantitative estimate of drug-likeness (QED) is 0.0859. The van der Waals surface area contributed by atoms with Crippen molar-refractivity contribution in [3.8, 4) is 0 Å². The van der Waals surface area contributed by atoms with E-state index >= 15 is 0 Å². The van der Waals surface area contributed by atoms with Gasteiger partial charge in [0.1, 0.15) is 11.9 Å². The van der Waals surface area contributed by atoms with Crippen molar-refractivity contribution in [2.75, 3.05) is 0 Å². The number of ether oxygens (including phenoxy) is 2.